The molecular weight excluding hydrogens is 582 g/mol. The predicted molar refractivity (Wildman–Crippen MR) is 173 cm³/mol. The molecule has 3 aliphatic rings. The highest BCUT2D eigenvalue weighted by molar-refractivity contribution is 6.10. The monoisotopic (exact) mass is 615 g/mol. The number of amides is 2. The van der Waals surface area contributed by atoms with E-state index < -0.39 is 0 Å². The second kappa shape index (κ2) is 11.2. The van der Waals surface area contributed by atoms with Gasteiger partial charge in [-0.2, -0.15) is 5.10 Å². The number of fused-ring (bicyclic) bond motifs is 2. The minimum atomic E-state index is -0.217. The van der Waals surface area contributed by atoms with Crippen molar-refractivity contribution in [1.82, 2.24) is 29.6 Å². The lowest BCUT2D eigenvalue weighted by Crippen LogP contribution is -2.39. The van der Waals surface area contributed by atoms with Crippen LogP contribution in [-0.4, -0.2) is 72.8 Å². The number of aromatic amines is 1. The fourth-order valence-corrected chi connectivity index (χ4v) is 6.66. The highest BCUT2D eigenvalue weighted by Gasteiger charge is 2.31. The molecule has 8 rings (SSSR count). The first-order valence-electron chi connectivity index (χ1n) is 15.7. The Morgan fingerprint density at radius 2 is 1.98 bits per heavy atom. The lowest BCUT2D eigenvalue weighted by Gasteiger charge is -2.32. The molecule has 1 aliphatic carbocycles. The largest absolute Gasteiger partial charge is 0.505 e. The highest BCUT2D eigenvalue weighted by atomic mass is 16.5. The van der Waals surface area contributed by atoms with E-state index in [1.807, 2.05) is 46.1 Å². The molecule has 11 heteroatoms. The number of nitrogens with one attached hydrogen (secondary N) is 1. The van der Waals surface area contributed by atoms with Crippen LogP contribution in [-0.2, 0) is 4.79 Å². The third-order valence-electron chi connectivity index (χ3n) is 9.26. The van der Waals surface area contributed by atoms with E-state index in [0.29, 0.717) is 59.5 Å². The molecule has 1 saturated carbocycles. The average Bonchev–Trinajstić information content (AvgIpc) is 3.69. The number of likely N-dealkylation sites (tertiary alicyclic amines) is 1. The van der Waals surface area contributed by atoms with Gasteiger partial charge in [0.2, 0.25) is 5.91 Å². The van der Waals surface area contributed by atoms with Gasteiger partial charge in [0.15, 0.2) is 0 Å². The summed E-state index contributed by atoms with van der Waals surface area (Å²) in [5.74, 6) is 0.828. The van der Waals surface area contributed by atoms with Crippen molar-refractivity contribution in [1.29, 1.82) is 0 Å². The minimum absolute atomic E-state index is 0.0413. The molecule has 2 aliphatic heterocycles. The van der Waals surface area contributed by atoms with Crippen molar-refractivity contribution in [3.63, 3.8) is 0 Å². The molecule has 232 valence electrons. The third kappa shape index (κ3) is 4.88. The fourth-order valence-electron chi connectivity index (χ4n) is 6.66. The van der Waals surface area contributed by atoms with Gasteiger partial charge in [0.25, 0.3) is 5.91 Å². The van der Waals surface area contributed by atoms with Crippen LogP contribution in [0.2, 0.25) is 0 Å². The standard InChI is InChI=1S/C35H33N7O4/c1-2-31(43)40-12-4-5-24(19-40)42-18-23(17-38-42)28-16-27-32(36-20-37-34(27)39-28)26-6-3-7-29(33(26)44)41-13-14-46-30-15-22(21-8-9-21)10-11-25(30)35(41)45/h2-3,6-7,10-11,15-18,20-21,24,44H,1,4-5,8-9,12-14,19H2,(H,36,37,39). The van der Waals surface area contributed by atoms with E-state index in [4.69, 9.17) is 4.74 Å². The zero-order valence-electron chi connectivity index (χ0n) is 25.2. The van der Waals surface area contributed by atoms with Crippen LogP contribution in [0.25, 0.3) is 33.5 Å². The Morgan fingerprint density at radius 3 is 2.83 bits per heavy atom. The molecule has 1 unspecified atom stereocenters. The summed E-state index contributed by atoms with van der Waals surface area (Å²) in [7, 11) is 0. The summed E-state index contributed by atoms with van der Waals surface area (Å²) in [6.45, 7) is 5.53. The number of aromatic nitrogens is 5. The molecule has 2 N–H and O–H groups in total. The molecule has 1 saturated heterocycles. The molecule has 46 heavy (non-hydrogen) atoms. The molecule has 5 aromatic rings. The van der Waals surface area contributed by atoms with Crippen LogP contribution in [0.4, 0.5) is 5.69 Å². The van der Waals surface area contributed by atoms with Crippen LogP contribution in [0.3, 0.4) is 0 Å². The van der Waals surface area contributed by atoms with Crippen molar-refractivity contribution in [2.75, 3.05) is 31.1 Å². The quantitative estimate of drug-likeness (QED) is 0.243. The van der Waals surface area contributed by atoms with Crippen LogP contribution in [0.1, 0.15) is 53.6 Å². The lowest BCUT2D eigenvalue weighted by molar-refractivity contribution is -0.127. The summed E-state index contributed by atoms with van der Waals surface area (Å²) < 4.78 is 7.93. The second-order valence-electron chi connectivity index (χ2n) is 12.2. The van der Waals surface area contributed by atoms with Crippen molar-refractivity contribution in [2.24, 2.45) is 0 Å². The molecule has 0 radical (unpaired) electrons. The Hall–Kier alpha value is -5.45. The number of phenolic OH excluding ortho intramolecular Hbond substituents is 1. The van der Waals surface area contributed by atoms with Gasteiger partial charge >= 0.3 is 0 Å². The van der Waals surface area contributed by atoms with E-state index in [-0.39, 0.29) is 23.6 Å². The summed E-state index contributed by atoms with van der Waals surface area (Å²) in [6, 6.07) is 13.2. The molecular formula is C35H33N7O4. The summed E-state index contributed by atoms with van der Waals surface area (Å²) in [4.78, 5) is 41.7. The molecule has 2 amide bonds. The Labute approximate surface area is 265 Å². The first-order chi connectivity index (χ1) is 22.5. The van der Waals surface area contributed by atoms with Crippen molar-refractivity contribution in [3.8, 4) is 34.0 Å². The van der Waals surface area contributed by atoms with Gasteiger partial charge in [-0.15, -0.1) is 0 Å². The third-order valence-corrected chi connectivity index (χ3v) is 9.26. The van der Waals surface area contributed by atoms with Gasteiger partial charge in [-0.05, 0) is 73.6 Å². The topological polar surface area (TPSA) is 129 Å². The SMILES string of the molecule is C=CC(=O)N1CCCC(n2cc(-c3cc4c(-c5cccc(N6CCOc7cc(C8CC8)ccc7C6=O)c5O)ncnc4[nH]3)cn2)C1. The molecule has 1 atom stereocenters. The number of para-hydroxylation sites is 1. The summed E-state index contributed by atoms with van der Waals surface area (Å²) >= 11 is 0. The number of aromatic hydroxyl groups is 1. The lowest BCUT2D eigenvalue weighted by atomic mass is 10.0. The number of piperidine rings is 1. The van der Waals surface area contributed by atoms with Crippen LogP contribution < -0.4 is 9.64 Å². The fraction of sp³-hybridized carbons (Fsp3) is 0.286. The zero-order chi connectivity index (χ0) is 31.4. The first-order valence-corrected chi connectivity index (χ1v) is 15.7. The maximum atomic E-state index is 13.8. The van der Waals surface area contributed by atoms with E-state index >= 15 is 0 Å². The van der Waals surface area contributed by atoms with E-state index in [0.717, 1.165) is 36.0 Å². The van der Waals surface area contributed by atoms with Crippen molar-refractivity contribution in [3.05, 3.63) is 85.0 Å². The van der Waals surface area contributed by atoms with Gasteiger partial charge in [0.05, 0.1) is 41.4 Å². The smallest absolute Gasteiger partial charge is 0.262 e. The normalized spacial score (nSPS) is 18.3. The number of hydrogen-bond donors (Lipinski definition) is 2. The summed E-state index contributed by atoms with van der Waals surface area (Å²) in [6.07, 6.45) is 10.7. The van der Waals surface area contributed by atoms with E-state index in [1.54, 1.807) is 23.2 Å². The van der Waals surface area contributed by atoms with Crippen LogP contribution in [0.15, 0.2) is 73.8 Å². The molecule has 5 heterocycles. The Kier molecular flexibility index (Phi) is 6.81. The van der Waals surface area contributed by atoms with Crippen molar-refractivity contribution in [2.45, 2.75) is 37.6 Å². The first kappa shape index (κ1) is 28.1. The molecule has 0 spiro atoms. The second-order valence-corrected chi connectivity index (χ2v) is 12.2. The number of H-pyrrole nitrogens is 1. The number of carbonyl (C=O) groups excluding carboxylic acids is 2. The van der Waals surface area contributed by atoms with Gasteiger partial charge in [-0.3, -0.25) is 14.3 Å². The predicted octanol–water partition coefficient (Wildman–Crippen LogP) is 5.46. The van der Waals surface area contributed by atoms with Gasteiger partial charge in [0, 0.05) is 35.8 Å². The Balaban J connectivity index is 1.10. The summed E-state index contributed by atoms with van der Waals surface area (Å²) in [5.41, 5.74) is 5.39. The molecule has 2 aromatic carbocycles. The van der Waals surface area contributed by atoms with Crippen LogP contribution in [0, 0.1) is 0 Å². The number of rotatable bonds is 6. The number of carbonyl (C=O) groups is 2. The summed E-state index contributed by atoms with van der Waals surface area (Å²) in [5, 5.41) is 17.0. The van der Waals surface area contributed by atoms with Gasteiger partial charge in [-0.1, -0.05) is 18.7 Å². The zero-order valence-corrected chi connectivity index (χ0v) is 25.2. The molecule has 11 nitrogen and oxygen atoms in total. The number of ether oxygens (including phenoxy) is 1. The molecule has 0 bridgehead atoms. The number of hydrogen-bond acceptors (Lipinski definition) is 7. The highest BCUT2D eigenvalue weighted by Crippen LogP contribution is 2.44. The van der Waals surface area contributed by atoms with Crippen molar-refractivity contribution >= 4 is 28.5 Å². The van der Waals surface area contributed by atoms with Crippen molar-refractivity contribution < 1.29 is 19.4 Å². The number of benzene rings is 2. The Morgan fingerprint density at radius 1 is 1.09 bits per heavy atom. The number of phenols is 1. The van der Waals surface area contributed by atoms with Gasteiger partial charge < -0.3 is 24.6 Å². The maximum absolute atomic E-state index is 13.8. The maximum Gasteiger partial charge on any atom is 0.262 e. The molecule has 2 fully saturated rings. The minimum Gasteiger partial charge on any atom is -0.505 e. The van der Waals surface area contributed by atoms with E-state index in [9.17, 15) is 14.7 Å². The number of nitrogens with zero attached hydrogens (tertiary/aromatic N) is 6. The van der Waals surface area contributed by atoms with E-state index in [2.05, 4.69) is 26.6 Å². The van der Waals surface area contributed by atoms with E-state index in [1.165, 1.54) is 30.8 Å². The van der Waals surface area contributed by atoms with Gasteiger partial charge in [0.1, 0.15) is 30.1 Å². The Bertz CT molecular complexity index is 2010. The molecule has 3 aromatic heterocycles. The number of anilines is 1. The van der Waals surface area contributed by atoms with Crippen LogP contribution >= 0.6 is 0 Å². The average molecular weight is 616 g/mol. The van der Waals surface area contributed by atoms with Gasteiger partial charge in [-0.25, -0.2) is 9.97 Å². The van der Waals surface area contributed by atoms with Crippen LogP contribution in [0.5, 0.6) is 11.5 Å².